The molecule has 1 aliphatic heterocycles. The Hall–Kier alpha value is -5.36. The van der Waals surface area contributed by atoms with Gasteiger partial charge in [-0.15, -0.1) is 0 Å². The van der Waals surface area contributed by atoms with Crippen molar-refractivity contribution in [2.45, 2.75) is 90.6 Å². The Kier molecular flexibility index (Phi) is 12.6. The quantitative estimate of drug-likeness (QED) is 0.0882. The molecule has 0 bridgehead atoms. The lowest BCUT2D eigenvalue weighted by Gasteiger charge is -2.44. The minimum absolute atomic E-state index is 0.126. The third kappa shape index (κ3) is 9.44. The van der Waals surface area contributed by atoms with Crippen LogP contribution in [0.5, 0.6) is 0 Å². The Bertz CT molecular complexity index is 2260. The van der Waals surface area contributed by atoms with Crippen LogP contribution in [0.3, 0.4) is 0 Å². The highest BCUT2D eigenvalue weighted by molar-refractivity contribution is 5.82. The first-order valence-electron chi connectivity index (χ1n) is 19.4. The van der Waals surface area contributed by atoms with Crippen LogP contribution in [-0.4, -0.2) is 62.5 Å². The van der Waals surface area contributed by atoms with E-state index in [1.165, 1.54) is 18.2 Å². The number of carbonyl (C=O) groups is 2. The van der Waals surface area contributed by atoms with Gasteiger partial charge in [0.1, 0.15) is 23.7 Å². The second-order valence-electron chi connectivity index (χ2n) is 15.0. The molecule has 1 aromatic heterocycles. The number of carbonyl (C=O) groups excluding carboxylic acids is 2. The number of benzene rings is 4. The van der Waals surface area contributed by atoms with Gasteiger partial charge >= 0.3 is 12.1 Å². The standard InChI is InChI=1S/C45H48F4N4O4/c1-5-30-11-16-34(38(46)27-30)19-22-40-50-42(55)37-9-7-8-10-39(37)53(40)29-41(54)52(36-23-25-51(26-24-36)44(3,4)43(56)57-6-2)28-31-12-14-32(15-13-31)33-17-20-35(21-18-33)45(47,48)49/h7-18,20-21,27,36H,5-6,19,22-26,28-29H2,1-4H3. The van der Waals surface area contributed by atoms with Crippen molar-refractivity contribution in [2.75, 3.05) is 19.7 Å². The molecule has 1 amide bonds. The Morgan fingerprint density at radius 3 is 2.11 bits per heavy atom. The van der Waals surface area contributed by atoms with E-state index in [4.69, 9.17) is 4.74 Å². The first-order chi connectivity index (χ1) is 27.2. The molecule has 2 heterocycles. The van der Waals surface area contributed by atoms with Gasteiger partial charge in [-0.05, 0) is 105 Å². The molecule has 4 aromatic carbocycles. The van der Waals surface area contributed by atoms with Gasteiger partial charge in [-0.3, -0.25) is 19.3 Å². The summed E-state index contributed by atoms with van der Waals surface area (Å²) in [4.78, 5) is 49.1. The summed E-state index contributed by atoms with van der Waals surface area (Å²) in [6, 6.07) is 24.3. The lowest BCUT2D eigenvalue weighted by atomic mass is 9.95. The number of likely N-dealkylation sites (tertiary alicyclic amines) is 1. The number of para-hydroxylation sites is 1. The number of aromatic nitrogens is 2. The third-order valence-corrected chi connectivity index (χ3v) is 11.0. The molecule has 1 fully saturated rings. The van der Waals surface area contributed by atoms with Crippen molar-refractivity contribution < 1.29 is 31.9 Å². The molecular formula is C45H48F4N4O4. The highest BCUT2D eigenvalue weighted by Crippen LogP contribution is 2.32. The van der Waals surface area contributed by atoms with Crippen molar-refractivity contribution in [1.29, 1.82) is 0 Å². The fourth-order valence-corrected chi connectivity index (χ4v) is 7.57. The van der Waals surface area contributed by atoms with E-state index in [1.54, 1.807) is 41.8 Å². The molecule has 5 aromatic rings. The first-order valence-corrected chi connectivity index (χ1v) is 19.4. The summed E-state index contributed by atoms with van der Waals surface area (Å²) in [6.45, 7) is 8.89. The topological polar surface area (TPSA) is 84.7 Å². The largest absolute Gasteiger partial charge is 0.465 e. The van der Waals surface area contributed by atoms with Crippen LogP contribution in [0.2, 0.25) is 0 Å². The molecule has 300 valence electrons. The van der Waals surface area contributed by atoms with Gasteiger partial charge < -0.3 is 14.2 Å². The number of esters is 1. The van der Waals surface area contributed by atoms with Crippen molar-refractivity contribution in [3.63, 3.8) is 0 Å². The molecule has 0 unspecified atom stereocenters. The summed E-state index contributed by atoms with van der Waals surface area (Å²) in [5, 5.41) is 0.368. The zero-order valence-electron chi connectivity index (χ0n) is 32.7. The molecule has 8 nitrogen and oxygen atoms in total. The van der Waals surface area contributed by atoms with Gasteiger partial charge in [-0.1, -0.05) is 67.6 Å². The second-order valence-corrected chi connectivity index (χ2v) is 15.0. The van der Waals surface area contributed by atoms with Crippen molar-refractivity contribution >= 4 is 22.8 Å². The number of hydrogen-bond donors (Lipinski definition) is 0. The van der Waals surface area contributed by atoms with Crippen LogP contribution in [-0.2, 0) is 52.9 Å². The van der Waals surface area contributed by atoms with E-state index in [0.717, 1.165) is 28.8 Å². The zero-order valence-corrected chi connectivity index (χ0v) is 32.7. The number of fused-ring (bicyclic) bond motifs is 1. The average Bonchev–Trinajstić information content (AvgIpc) is 3.20. The molecule has 0 atom stereocenters. The first kappa shape index (κ1) is 41.3. The van der Waals surface area contributed by atoms with Crippen molar-refractivity contribution in [2.24, 2.45) is 0 Å². The summed E-state index contributed by atoms with van der Waals surface area (Å²) >= 11 is 0. The van der Waals surface area contributed by atoms with E-state index in [9.17, 15) is 27.6 Å². The number of halogens is 4. The highest BCUT2D eigenvalue weighted by atomic mass is 19.4. The number of hydrogen-bond acceptors (Lipinski definition) is 6. The molecule has 0 aliphatic carbocycles. The lowest BCUT2D eigenvalue weighted by molar-refractivity contribution is -0.157. The predicted molar refractivity (Wildman–Crippen MR) is 212 cm³/mol. The summed E-state index contributed by atoms with van der Waals surface area (Å²) < 4.78 is 61.7. The van der Waals surface area contributed by atoms with Gasteiger partial charge in [0, 0.05) is 32.1 Å². The Labute approximate surface area is 330 Å². The Balaban J connectivity index is 1.30. The predicted octanol–water partition coefficient (Wildman–Crippen LogP) is 8.40. The smallest absolute Gasteiger partial charge is 0.416 e. The number of ether oxygens (including phenoxy) is 1. The summed E-state index contributed by atoms with van der Waals surface area (Å²) in [5.74, 6) is -0.470. The van der Waals surface area contributed by atoms with Gasteiger partial charge in [-0.2, -0.15) is 18.2 Å². The van der Waals surface area contributed by atoms with Crippen LogP contribution in [0.25, 0.3) is 22.0 Å². The Morgan fingerprint density at radius 2 is 1.49 bits per heavy atom. The van der Waals surface area contributed by atoms with E-state index in [1.807, 2.05) is 56.0 Å². The summed E-state index contributed by atoms with van der Waals surface area (Å²) in [5.41, 5.74) is 2.11. The third-order valence-electron chi connectivity index (χ3n) is 11.0. The number of rotatable bonds is 13. The normalized spacial score (nSPS) is 14.2. The lowest BCUT2D eigenvalue weighted by Crippen LogP contribution is -2.56. The molecule has 1 saturated heterocycles. The van der Waals surface area contributed by atoms with E-state index < -0.39 is 22.8 Å². The highest BCUT2D eigenvalue weighted by Gasteiger charge is 2.39. The number of alkyl halides is 3. The van der Waals surface area contributed by atoms with E-state index in [2.05, 4.69) is 9.88 Å². The van der Waals surface area contributed by atoms with Crippen LogP contribution in [0.15, 0.2) is 95.8 Å². The maximum absolute atomic E-state index is 15.0. The minimum atomic E-state index is -4.43. The van der Waals surface area contributed by atoms with E-state index in [-0.39, 0.29) is 56.3 Å². The SMILES string of the molecule is CCOC(=O)C(C)(C)N1CCC(N(Cc2ccc(-c3ccc(C(F)(F)F)cc3)cc2)C(=O)Cn2c(CCc3ccc(CC)cc3F)nc(=O)c3ccccc32)CC1. The fourth-order valence-electron chi connectivity index (χ4n) is 7.57. The maximum Gasteiger partial charge on any atom is 0.416 e. The molecule has 0 radical (unpaired) electrons. The van der Waals surface area contributed by atoms with E-state index in [0.29, 0.717) is 60.2 Å². The minimum Gasteiger partial charge on any atom is -0.465 e. The summed E-state index contributed by atoms with van der Waals surface area (Å²) in [6.07, 6.45) is -2.06. The van der Waals surface area contributed by atoms with Gasteiger partial charge in [0.2, 0.25) is 5.91 Å². The molecule has 0 saturated carbocycles. The van der Waals surface area contributed by atoms with Gasteiger partial charge in [0.25, 0.3) is 5.56 Å². The molecule has 0 spiro atoms. The zero-order chi connectivity index (χ0) is 40.9. The molecule has 0 N–H and O–H groups in total. The maximum atomic E-state index is 15.0. The molecular weight excluding hydrogens is 737 g/mol. The molecule has 57 heavy (non-hydrogen) atoms. The number of amides is 1. The number of piperidine rings is 1. The van der Waals surface area contributed by atoms with Crippen LogP contribution in [0, 0.1) is 5.82 Å². The monoisotopic (exact) mass is 784 g/mol. The van der Waals surface area contributed by atoms with Crippen molar-refractivity contribution in [1.82, 2.24) is 19.4 Å². The van der Waals surface area contributed by atoms with Crippen LogP contribution in [0.1, 0.15) is 68.6 Å². The Morgan fingerprint density at radius 1 is 0.860 bits per heavy atom. The molecule has 1 aliphatic rings. The average molecular weight is 785 g/mol. The van der Waals surface area contributed by atoms with Crippen molar-refractivity contribution in [3.05, 3.63) is 135 Å². The van der Waals surface area contributed by atoms with Crippen molar-refractivity contribution in [3.8, 4) is 11.1 Å². The van der Waals surface area contributed by atoms with Crippen LogP contribution in [0.4, 0.5) is 17.6 Å². The fraction of sp³-hybridized carbons (Fsp3) is 0.378. The van der Waals surface area contributed by atoms with Gasteiger partial charge in [0.05, 0.1) is 23.1 Å². The molecule has 12 heteroatoms. The van der Waals surface area contributed by atoms with Crippen LogP contribution < -0.4 is 5.56 Å². The van der Waals surface area contributed by atoms with Gasteiger partial charge in [0.15, 0.2) is 0 Å². The number of aryl methyl sites for hydroxylation is 3. The summed E-state index contributed by atoms with van der Waals surface area (Å²) in [7, 11) is 0. The van der Waals surface area contributed by atoms with Gasteiger partial charge in [-0.25, -0.2) is 4.39 Å². The van der Waals surface area contributed by atoms with Crippen LogP contribution >= 0.6 is 0 Å². The molecule has 6 rings (SSSR count). The van der Waals surface area contributed by atoms with E-state index >= 15 is 4.39 Å². The second kappa shape index (κ2) is 17.4. The number of nitrogens with zero attached hydrogens (tertiary/aromatic N) is 4.